The minimum absolute atomic E-state index is 0.239. The van der Waals surface area contributed by atoms with E-state index in [1.54, 1.807) is 7.05 Å². The van der Waals surface area contributed by atoms with Crippen molar-refractivity contribution in [2.45, 2.75) is 6.92 Å². The van der Waals surface area contributed by atoms with Gasteiger partial charge < -0.3 is 10.1 Å². The fraction of sp³-hybridized carbons (Fsp3) is 0.444. The molecule has 12 heavy (non-hydrogen) atoms. The molecule has 0 unspecified atom stereocenters. The van der Waals surface area contributed by atoms with E-state index in [1.165, 1.54) is 0 Å². The predicted molar refractivity (Wildman–Crippen MR) is 48.8 cm³/mol. The van der Waals surface area contributed by atoms with Crippen molar-refractivity contribution in [1.82, 2.24) is 5.32 Å². The van der Waals surface area contributed by atoms with Crippen LogP contribution >= 0.6 is 0 Å². The molecule has 0 aliphatic heterocycles. The van der Waals surface area contributed by atoms with Crippen molar-refractivity contribution in [3.8, 4) is 0 Å². The van der Waals surface area contributed by atoms with Crippen LogP contribution in [0.5, 0.6) is 0 Å². The molecule has 0 saturated carbocycles. The minimum atomic E-state index is -0.261. The summed E-state index contributed by atoms with van der Waals surface area (Å²) in [6.45, 7) is 6.09. The molecule has 0 heterocycles. The maximum Gasteiger partial charge on any atom is 0.320 e. The Labute approximate surface area is 73.1 Å². The Balaban J connectivity index is 3.54. The van der Waals surface area contributed by atoms with Gasteiger partial charge in [-0.25, -0.2) is 0 Å². The number of hydrogen-bond acceptors (Lipinski definition) is 3. The number of carbonyl (C=O) groups excluding carboxylic acids is 1. The molecule has 3 heteroatoms. The SMILES string of the molecule is C=C(/C=C\C)COC(=O)CNC. The number of rotatable bonds is 5. The summed E-state index contributed by atoms with van der Waals surface area (Å²) in [7, 11) is 1.70. The molecule has 0 aromatic carbocycles. The van der Waals surface area contributed by atoms with Gasteiger partial charge in [0, 0.05) is 0 Å². The Morgan fingerprint density at radius 1 is 1.67 bits per heavy atom. The van der Waals surface area contributed by atoms with Gasteiger partial charge in [0.2, 0.25) is 0 Å². The van der Waals surface area contributed by atoms with Gasteiger partial charge in [0.05, 0.1) is 6.54 Å². The van der Waals surface area contributed by atoms with Gasteiger partial charge in [0.1, 0.15) is 6.61 Å². The Morgan fingerprint density at radius 2 is 2.33 bits per heavy atom. The van der Waals surface area contributed by atoms with Crippen molar-refractivity contribution >= 4 is 5.97 Å². The van der Waals surface area contributed by atoms with E-state index in [-0.39, 0.29) is 19.1 Å². The van der Waals surface area contributed by atoms with Crippen LogP contribution < -0.4 is 5.32 Å². The Bertz CT molecular complexity index is 185. The molecule has 0 rings (SSSR count). The van der Waals surface area contributed by atoms with Crippen LogP contribution in [0.3, 0.4) is 0 Å². The number of ether oxygens (including phenoxy) is 1. The van der Waals surface area contributed by atoms with E-state index in [0.717, 1.165) is 5.57 Å². The molecular weight excluding hydrogens is 154 g/mol. The maximum absolute atomic E-state index is 10.8. The average molecular weight is 169 g/mol. The second-order valence-corrected chi connectivity index (χ2v) is 2.35. The maximum atomic E-state index is 10.8. The van der Waals surface area contributed by atoms with Gasteiger partial charge in [0.15, 0.2) is 0 Å². The second kappa shape index (κ2) is 6.61. The lowest BCUT2D eigenvalue weighted by Gasteiger charge is -2.03. The normalized spacial score (nSPS) is 10.2. The summed E-state index contributed by atoms with van der Waals surface area (Å²) in [5.41, 5.74) is 0.793. The van der Waals surface area contributed by atoms with Gasteiger partial charge in [-0.15, -0.1) is 0 Å². The largest absolute Gasteiger partial charge is 0.460 e. The van der Waals surface area contributed by atoms with Crippen molar-refractivity contribution in [3.05, 3.63) is 24.3 Å². The predicted octanol–water partition coefficient (Wildman–Crippen LogP) is 0.881. The third-order valence-electron chi connectivity index (χ3n) is 1.14. The van der Waals surface area contributed by atoms with Crippen molar-refractivity contribution in [3.63, 3.8) is 0 Å². The van der Waals surface area contributed by atoms with Crippen LogP contribution in [0.4, 0.5) is 0 Å². The van der Waals surface area contributed by atoms with Gasteiger partial charge in [0.25, 0.3) is 0 Å². The lowest BCUT2D eigenvalue weighted by Crippen LogP contribution is -2.21. The number of esters is 1. The van der Waals surface area contributed by atoms with E-state index < -0.39 is 0 Å². The quantitative estimate of drug-likeness (QED) is 0.490. The van der Waals surface area contributed by atoms with Gasteiger partial charge in [-0.2, -0.15) is 0 Å². The number of carbonyl (C=O) groups is 1. The van der Waals surface area contributed by atoms with Crippen LogP contribution in [0.15, 0.2) is 24.3 Å². The molecule has 0 fully saturated rings. The summed E-state index contributed by atoms with van der Waals surface area (Å²) in [5, 5.41) is 2.70. The second-order valence-electron chi connectivity index (χ2n) is 2.35. The van der Waals surface area contributed by atoms with Crippen molar-refractivity contribution < 1.29 is 9.53 Å². The summed E-state index contributed by atoms with van der Waals surface area (Å²) in [6, 6.07) is 0. The molecule has 1 N–H and O–H groups in total. The van der Waals surface area contributed by atoms with Crippen LogP contribution in [0, 0.1) is 0 Å². The zero-order valence-corrected chi connectivity index (χ0v) is 7.59. The summed E-state index contributed by atoms with van der Waals surface area (Å²) in [4.78, 5) is 10.8. The Hall–Kier alpha value is -1.09. The molecule has 0 spiro atoms. The molecule has 68 valence electrons. The first kappa shape index (κ1) is 10.9. The fourth-order valence-corrected chi connectivity index (χ4v) is 0.652. The number of nitrogens with one attached hydrogen (secondary N) is 1. The third kappa shape index (κ3) is 5.68. The highest BCUT2D eigenvalue weighted by molar-refractivity contribution is 5.71. The van der Waals surface area contributed by atoms with Crippen molar-refractivity contribution in [2.75, 3.05) is 20.2 Å². The lowest BCUT2D eigenvalue weighted by molar-refractivity contribution is -0.141. The molecule has 0 bridgehead atoms. The lowest BCUT2D eigenvalue weighted by atomic mass is 10.3. The number of allylic oxidation sites excluding steroid dienone is 1. The summed E-state index contributed by atoms with van der Waals surface area (Å²) < 4.78 is 4.84. The van der Waals surface area contributed by atoms with E-state index in [2.05, 4.69) is 11.9 Å². The van der Waals surface area contributed by atoms with Crippen LogP contribution in [0.2, 0.25) is 0 Å². The van der Waals surface area contributed by atoms with Gasteiger partial charge in [-0.1, -0.05) is 18.7 Å². The molecular formula is C9H15NO2. The van der Waals surface area contributed by atoms with Crippen LogP contribution in [-0.4, -0.2) is 26.2 Å². The van der Waals surface area contributed by atoms with E-state index in [1.807, 2.05) is 19.1 Å². The standard InChI is InChI=1S/C9H15NO2/c1-4-5-8(2)7-12-9(11)6-10-3/h4-5,10H,2,6-7H2,1,3H3/b5-4-. The zero-order valence-electron chi connectivity index (χ0n) is 7.59. The molecule has 0 aliphatic carbocycles. The fourth-order valence-electron chi connectivity index (χ4n) is 0.652. The third-order valence-corrected chi connectivity index (χ3v) is 1.14. The van der Waals surface area contributed by atoms with Crippen molar-refractivity contribution in [2.24, 2.45) is 0 Å². The smallest absolute Gasteiger partial charge is 0.320 e. The van der Waals surface area contributed by atoms with Crippen LogP contribution in [0.25, 0.3) is 0 Å². The summed E-state index contributed by atoms with van der Waals surface area (Å²) in [5.74, 6) is -0.261. The number of likely N-dealkylation sites (N-methyl/N-ethyl adjacent to an activating group) is 1. The van der Waals surface area contributed by atoms with E-state index in [0.29, 0.717) is 0 Å². The van der Waals surface area contributed by atoms with E-state index >= 15 is 0 Å². The molecule has 3 nitrogen and oxygen atoms in total. The monoisotopic (exact) mass is 169 g/mol. The average Bonchev–Trinajstić information content (AvgIpc) is 2.02. The van der Waals surface area contributed by atoms with Gasteiger partial charge in [-0.3, -0.25) is 4.79 Å². The van der Waals surface area contributed by atoms with E-state index in [9.17, 15) is 4.79 Å². The summed E-state index contributed by atoms with van der Waals surface area (Å²) >= 11 is 0. The molecule has 0 amide bonds. The molecule has 0 aliphatic rings. The molecule has 0 atom stereocenters. The topological polar surface area (TPSA) is 38.3 Å². The zero-order chi connectivity index (χ0) is 9.40. The van der Waals surface area contributed by atoms with Gasteiger partial charge in [-0.05, 0) is 19.5 Å². The molecule has 0 saturated heterocycles. The highest BCUT2D eigenvalue weighted by Gasteiger charge is 1.99. The Kier molecular flexibility index (Phi) is 6.01. The van der Waals surface area contributed by atoms with Gasteiger partial charge >= 0.3 is 5.97 Å². The first-order valence-corrected chi connectivity index (χ1v) is 3.81. The van der Waals surface area contributed by atoms with Crippen molar-refractivity contribution in [1.29, 1.82) is 0 Å². The first-order chi connectivity index (χ1) is 5.70. The molecule has 0 aromatic heterocycles. The highest BCUT2D eigenvalue weighted by atomic mass is 16.5. The minimum Gasteiger partial charge on any atom is -0.460 e. The summed E-state index contributed by atoms with van der Waals surface area (Å²) in [6.07, 6.45) is 3.67. The highest BCUT2D eigenvalue weighted by Crippen LogP contribution is 1.93. The Morgan fingerprint density at radius 3 is 2.83 bits per heavy atom. The number of hydrogen-bond donors (Lipinski definition) is 1. The molecule has 0 aromatic rings. The first-order valence-electron chi connectivity index (χ1n) is 3.81. The molecule has 0 radical (unpaired) electrons. The van der Waals surface area contributed by atoms with E-state index in [4.69, 9.17) is 4.74 Å². The van der Waals surface area contributed by atoms with Crippen LogP contribution in [-0.2, 0) is 9.53 Å². The van der Waals surface area contributed by atoms with Crippen LogP contribution in [0.1, 0.15) is 6.92 Å².